The van der Waals surface area contributed by atoms with Gasteiger partial charge in [0.05, 0.1) is 6.54 Å². The highest BCUT2D eigenvalue weighted by molar-refractivity contribution is 6.05. The zero-order valence-electron chi connectivity index (χ0n) is 15.1. The Bertz CT molecular complexity index is 1030. The summed E-state index contributed by atoms with van der Waals surface area (Å²) in [6.45, 7) is 1.50. The molecule has 0 radical (unpaired) electrons. The van der Waals surface area contributed by atoms with Crippen LogP contribution in [0.25, 0.3) is 10.9 Å². The van der Waals surface area contributed by atoms with Crippen LogP contribution in [0.15, 0.2) is 59.4 Å². The van der Waals surface area contributed by atoms with Crippen LogP contribution in [0.1, 0.15) is 24.8 Å². The molecule has 3 aromatic rings. The SMILES string of the molecule is C1=C(C2CCC2)CN=C1Nc1ccnc(NCc2cccc3[nH]ccc23)n1. The smallest absolute Gasteiger partial charge is 0.224 e. The van der Waals surface area contributed by atoms with Gasteiger partial charge in [-0.1, -0.05) is 18.6 Å². The molecule has 1 aliphatic heterocycles. The Kier molecular flexibility index (Phi) is 4.08. The first kappa shape index (κ1) is 16.1. The molecule has 2 aliphatic rings. The van der Waals surface area contributed by atoms with Crippen molar-refractivity contribution in [2.45, 2.75) is 25.8 Å². The Hall–Kier alpha value is -3.15. The predicted octanol–water partition coefficient (Wildman–Crippen LogP) is 4.12. The Balaban J connectivity index is 1.25. The van der Waals surface area contributed by atoms with Crippen LogP contribution in [-0.2, 0) is 6.54 Å². The minimum Gasteiger partial charge on any atom is -0.361 e. The zero-order valence-corrected chi connectivity index (χ0v) is 15.1. The topological polar surface area (TPSA) is 78.0 Å². The van der Waals surface area contributed by atoms with E-state index in [-0.39, 0.29) is 0 Å². The first-order valence-corrected chi connectivity index (χ1v) is 9.49. The molecule has 5 rings (SSSR count). The van der Waals surface area contributed by atoms with Crippen LogP contribution in [0.5, 0.6) is 0 Å². The van der Waals surface area contributed by atoms with Crippen molar-refractivity contribution in [3.63, 3.8) is 0 Å². The van der Waals surface area contributed by atoms with E-state index in [4.69, 9.17) is 0 Å². The lowest BCUT2D eigenvalue weighted by Gasteiger charge is -2.26. The van der Waals surface area contributed by atoms with Crippen LogP contribution in [0.4, 0.5) is 11.8 Å². The maximum absolute atomic E-state index is 4.60. The molecule has 0 bridgehead atoms. The van der Waals surface area contributed by atoms with Crippen molar-refractivity contribution in [1.82, 2.24) is 15.0 Å². The van der Waals surface area contributed by atoms with E-state index in [9.17, 15) is 0 Å². The summed E-state index contributed by atoms with van der Waals surface area (Å²) in [5.74, 6) is 3.01. The number of anilines is 2. The van der Waals surface area contributed by atoms with E-state index in [0.717, 1.165) is 29.6 Å². The monoisotopic (exact) mass is 358 g/mol. The van der Waals surface area contributed by atoms with E-state index >= 15 is 0 Å². The number of hydrogen-bond donors (Lipinski definition) is 3. The lowest BCUT2D eigenvalue weighted by Crippen LogP contribution is -2.15. The number of aromatic nitrogens is 3. The van der Waals surface area contributed by atoms with Crippen LogP contribution in [-0.4, -0.2) is 27.3 Å². The third-order valence-electron chi connectivity index (χ3n) is 5.42. The maximum atomic E-state index is 4.60. The number of hydrogen-bond acceptors (Lipinski definition) is 5. The summed E-state index contributed by atoms with van der Waals surface area (Å²) in [7, 11) is 0. The molecule has 1 aromatic carbocycles. The van der Waals surface area contributed by atoms with Gasteiger partial charge in [0.25, 0.3) is 0 Å². The van der Waals surface area contributed by atoms with E-state index in [1.807, 2.05) is 12.3 Å². The summed E-state index contributed by atoms with van der Waals surface area (Å²) in [5.41, 5.74) is 3.80. The molecule has 0 spiro atoms. The minimum atomic E-state index is 0.606. The van der Waals surface area contributed by atoms with Crippen molar-refractivity contribution in [1.29, 1.82) is 0 Å². The van der Waals surface area contributed by atoms with Gasteiger partial charge in [-0.15, -0.1) is 0 Å². The molecule has 2 aromatic heterocycles. The van der Waals surface area contributed by atoms with Gasteiger partial charge < -0.3 is 15.6 Å². The summed E-state index contributed by atoms with van der Waals surface area (Å²) >= 11 is 0. The molecule has 0 unspecified atom stereocenters. The van der Waals surface area contributed by atoms with Gasteiger partial charge in [0.1, 0.15) is 11.7 Å². The normalized spacial score (nSPS) is 16.7. The van der Waals surface area contributed by atoms with Crippen LogP contribution in [0, 0.1) is 5.92 Å². The molecule has 1 fully saturated rings. The fourth-order valence-electron chi connectivity index (χ4n) is 3.67. The molecule has 0 amide bonds. The molecule has 6 heteroatoms. The van der Waals surface area contributed by atoms with Crippen molar-refractivity contribution >= 4 is 28.5 Å². The Morgan fingerprint density at radius 3 is 3.00 bits per heavy atom. The molecule has 1 aliphatic carbocycles. The Morgan fingerprint density at radius 1 is 1.15 bits per heavy atom. The second-order valence-corrected chi connectivity index (χ2v) is 7.15. The van der Waals surface area contributed by atoms with Crippen LogP contribution in [0.3, 0.4) is 0 Å². The number of aliphatic imine (C=N–C) groups is 1. The largest absolute Gasteiger partial charge is 0.361 e. The second kappa shape index (κ2) is 6.87. The van der Waals surface area contributed by atoms with Crippen molar-refractivity contribution in [2.24, 2.45) is 10.9 Å². The number of aromatic amines is 1. The van der Waals surface area contributed by atoms with E-state index in [1.54, 1.807) is 6.20 Å². The van der Waals surface area contributed by atoms with Crippen molar-refractivity contribution in [3.8, 4) is 0 Å². The molecular formula is C21H22N6. The van der Waals surface area contributed by atoms with Crippen molar-refractivity contribution in [3.05, 3.63) is 59.9 Å². The van der Waals surface area contributed by atoms with Gasteiger partial charge in [-0.25, -0.2) is 4.98 Å². The molecule has 3 N–H and O–H groups in total. The summed E-state index contributed by atoms with van der Waals surface area (Å²) in [4.78, 5) is 16.7. The highest BCUT2D eigenvalue weighted by atomic mass is 15.2. The van der Waals surface area contributed by atoms with Gasteiger partial charge in [0, 0.05) is 29.8 Å². The molecule has 27 heavy (non-hydrogen) atoms. The van der Waals surface area contributed by atoms with Crippen LogP contribution in [0.2, 0.25) is 0 Å². The third-order valence-corrected chi connectivity index (χ3v) is 5.42. The van der Waals surface area contributed by atoms with Gasteiger partial charge in [-0.2, -0.15) is 4.98 Å². The second-order valence-electron chi connectivity index (χ2n) is 7.15. The van der Waals surface area contributed by atoms with E-state index in [1.165, 1.54) is 35.8 Å². The number of benzene rings is 1. The summed E-state index contributed by atoms with van der Waals surface area (Å²) in [6.07, 6.45) is 9.88. The number of H-pyrrole nitrogens is 1. The van der Waals surface area contributed by atoms with Crippen molar-refractivity contribution < 1.29 is 0 Å². The van der Waals surface area contributed by atoms with E-state index in [2.05, 4.69) is 60.9 Å². The van der Waals surface area contributed by atoms with Gasteiger partial charge in [-0.05, 0) is 54.2 Å². The summed E-state index contributed by atoms with van der Waals surface area (Å²) in [6, 6.07) is 10.2. The fourth-order valence-corrected chi connectivity index (χ4v) is 3.67. The maximum Gasteiger partial charge on any atom is 0.224 e. The minimum absolute atomic E-state index is 0.606. The lowest BCUT2D eigenvalue weighted by molar-refractivity contribution is 0.366. The van der Waals surface area contributed by atoms with Crippen LogP contribution >= 0.6 is 0 Å². The average Bonchev–Trinajstić information content (AvgIpc) is 3.28. The van der Waals surface area contributed by atoms with E-state index < -0.39 is 0 Å². The molecule has 0 atom stereocenters. The standard InChI is InChI=1S/C21H22N6/c1-3-14(4-1)16-11-20(24-13-16)26-19-8-10-23-21(27-19)25-12-15-5-2-6-18-17(15)7-9-22-18/h2,5-11,14,22H,1,3-4,12-13H2,(H2,23,24,25,26,27). The first-order valence-electron chi connectivity index (χ1n) is 9.49. The first-order chi connectivity index (χ1) is 13.3. The molecular weight excluding hydrogens is 336 g/mol. The number of fused-ring (bicyclic) bond motifs is 1. The van der Waals surface area contributed by atoms with Crippen LogP contribution < -0.4 is 10.6 Å². The number of nitrogens with one attached hydrogen (secondary N) is 3. The quantitative estimate of drug-likeness (QED) is 0.641. The third kappa shape index (κ3) is 3.30. The number of rotatable bonds is 5. The predicted molar refractivity (Wildman–Crippen MR) is 109 cm³/mol. The summed E-state index contributed by atoms with van der Waals surface area (Å²) in [5, 5.41) is 7.85. The number of nitrogens with zero attached hydrogens (tertiary/aromatic N) is 3. The average molecular weight is 358 g/mol. The van der Waals surface area contributed by atoms with Gasteiger partial charge in [0.15, 0.2) is 0 Å². The molecule has 3 heterocycles. The van der Waals surface area contributed by atoms with Crippen molar-refractivity contribution in [2.75, 3.05) is 17.2 Å². The Morgan fingerprint density at radius 2 is 2.11 bits per heavy atom. The highest BCUT2D eigenvalue weighted by Crippen LogP contribution is 2.34. The molecule has 6 nitrogen and oxygen atoms in total. The Labute approximate surface area is 157 Å². The van der Waals surface area contributed by atoms with Gasteiger partial charge >= 0.3 is 0 Å². The fraction of sp³-hybridized carbons (Fsp3) is 0.286. The molecule has 0 saturated heterocycles. The van der Waals surface area contributed by atoms with Gasteiger partial charge in [0.2, 0.25) is 5.95 Å². The van der Waals surface area contributed by atoms with Gasteiger partial charge in [-0.3, -0.25) is 4.99 Å². The number of amidine groups is 1. The molecule has 136 valence electrons. The molecule has 1 saturated carbocycles. The highest BCUT2D eigenvalue weighted by Gasteiger charge is 2.24. The van der Waals surface area contributed by atoms with E-state index in [0.29, 0.717) is 12.5 Å². The summed E-state index contributed by atoms with van der Waals surface area (Å²) < 4.78 is 0. The lowest BCUT2D eigenvalue weighted by atomic mass is 9.80. The zero-order chi connectivity index (χ0) is 18.1.